The van der Waals surface area contributed by atoms with Crippen LogP contribution in [0.15, 0.2) is 103 Å². The molecular weight excluding hydrogens is 602 g/mol. The first-order valence-electron chi connectivity index (χ1n) is 16.1. The standard InChI is InChI=1S/C41H38F2N4O/c1-25-20-21-44-35(22-25)46-33-17-9-8-14-29(33)30-19-18-28(24-34(30)46)48-27-13-10-12-26(23-27)47-39(41(5,6)7)37(38(45-47)40(2,3)4)36-31(42)15-11-16-32(36)43/h8-24H,1-7H3. The van der Waals surface area contributed by atoms with Gasteiger partial charge >= 0.3 is 0 Å². The van der Waals surface area contributed by atoms with Gasteiger partial charge in [-0.15, -0.1) is 0 Å². The second kappa shape index (κ2) is 11.4. The molecule has 0 bridgehead atoms. The SMILES string of the molecule is Cc1ccnc(-n2c3ccccc3c3ccc(Oc4cccc(-n5nc(C(C)(C)C)c(-c6c(F)cccc6F)c5C(C)(C)C)c4)cc32)c1. The van der Waals surface area contributed by atoms with Gasteiger partial charge in [-0.05, 0) is 67.1 Å². The molecule has 0 saturated carbocycles. The third-order valence-corrected chi connectivity index (χ3v) is 8.59. The molecular formula is C41H38F2N4O. The van der Waals surface area contributed by atoms with Crippen LogP contribution in [0.1, 0.15) is 58.5 Å². The van der Waals surface area contributed by atoms with E-state index in [1.54, 1.807) is 0 Å². The van der Waals surface area contributed by atoms with Gasteiger partial charge in [-0.1, -0.05) is 71.9 Å². The molecule has 0 saturated heterocycles. The third kappa shape index (κ3) is 5.43. The Morgan fingerprint density at radius 3 is 2.04 bits per heavy atom. The zero-order chi connectivity index (χ0) is 34.0. The number of rotatable bonds is 5. The number of halogens is 2. The van der Waals surface area contributed by atoms with E-state index in [4.69, 9.17) is 14.8 Å². The molecule has 3 aromatic heterocycles. The maximum Gasteiger partial charge on any atom is 0.137 e. The number of ether oxygens (including phenoxy) is 1. The fourth-order valence-electron chi connectivity index (χ4n) is 6.51. The van der Waals surface area contributed by atoms with Gasteiger partial charge in [0.15, 0.2) is 0 Å². The highest BCUT2D eigenvalue weighted by Gasteiger charge is 2.35. The van der Waals surface area contributed by atoms with Crippen molar-refractivity contribution in [3.63, 3.8) is 0 Å². The molecule has 7 aromatic rings. The van der Waals surface area contributed by atoms with Crippen molar-refractivity contribution in [3.8, 4) is 34.1 Å². The Morgan fingerprint density at radius 1 is 0.646 bits per heavy atom. The molecule has 0 aliphatic heterocycles. The number of benzene rings is 4. The molecule has 0 unspecified atom stereocenters. The molecule has 0 aliphatic carbocycles. The molecule has 7 rings (SSSR count). The minimum absolute atomic E-state index is 0.0576. The molecule has 242 valence electrons. The van der Waals surface area contributed by atoms with Gasteiger partial charge in [0.05, 0.1) is 33.7 Å². The summed E-state index contributed by atoms with van der Waals surface area (Å²) in [5.41, 5.74) is 4.65. The highest BCUT2D eigenvalue weighted by atomic mass is 19.1. The normalized spacial score (nSPS) is 12.3. The Hall–Kier alpha value is -5.30. The van der Waals surface area contributed by atoms with Crippen LogP contribution in [-0.2, 0) is 10.8 Å². The van der Waals surface area contributed by atoms with Crippen molar-refractivity contribution in [3.05, 3.63) is 132 Å². The Bertz CT molecular complexity index is 2320. The first kappa shape index (κ1) is 31.3. The van der Waals surface area contributed by atoms with Gasteiger partial charge in [0.2, 0.25) is 0 Å². The summed E-state index contributed by atoms with van der Waals surface area (Å²) < 4.78 is 41.3. The first-order chi connectivity index (χ1) is 22.8. The van der Waals surface area contributed by atoms with Crippen molar-refractivity contribution in [2.45, 2.75) is 59.3 Å². The van der Waals surface area contributed by atoms with Crippen LogP contribution < -0.4 is 4.74 Å². The number of aryl methyl sites for hydroxylation is 1. The average Bonchev–Trinajstić information content (AvgIpc) is 3.58. The van der Waals surface area contributed by atoms with Crippen molar-refractivity contribution in [1.82, 2.24) is 19.3 Å². The lowest BCUT2D eigenvalue weighted by Gasteiger charge is -2.24. The van der Waals surface area contributed by atoms with E-state index in [1.807, 2.05) is 107 Å². The summed E-state index contributed by atoms with van der Waals surface area (Å²) in [4.78, 5) is 4.69. The number of para-hydroxylation sites is 1. The van der Waals surface area contributed by atoms with Crippen molar-refractivity contribution in [1.29, 1.82) is 0 Å². The first-order valence-corrected chi connectivity index (χ1v) is 16.1. The number of hydrogen-bond acceptors (Lipinski definition) is 3. The molecule has 0 spiro atoms. The molecule has 0 fully saturated rings. The highest BCUT2D eigenvalue weighted by molar-refractivity contribution is 6.09. The van der Waals surface area contributed by atoms with E-state index >= 15 is 8.78 Å². The third-order valence-electron chi connectivity index (χ3n) is 8.59. The van der Waals surface area contributed by atoms with Crippen LogP contribution in [0.3, 0.4) is 0 Å². The fraction of sp³-hybridized carbons (Fsp3) is 0.220. The monoisotopic (exact) mass is 640 g/mol. The molecule has 7 heteroatoms. The van der Waals surface area contributed by atoms with E-state index in [0.717, 1.165) is 38.9 Å². The Kier molecular flexibility index (Phi) is 7.46. The molecule has 48 heavy (non-hydrogen) atoms. The average molecular weight is 641 g/mol. The van der Waals surface area contributed by atoms with E-state index in [-0.39, 0.29) is 5.56 Å². The van der Waals surface area contributed by atoms with Gasteiger partial charge in [0, 0.05) is 45.5 Å². The zero-order valence-electron chi connectivity index (χ0n) is 28.3. The summed E-state index contributed by atoms with van der Waals surface area (Å²) in [6, 6.07) is 30.1. The molecule has 3 heterocycles. The number of pyridine rings is 1. The lowest BCUT2D eigenvalue weighted by molar-refractivity contribution is 0.482. The van der Waals surface area contributed by atoms with Gasteiger partial charge in [0.25, 0.3) is 0 Å². The van der Waals surface area contributed by atoms with Crippen LogP contribution in [0.25, 0.3) is 44.4 Å². The van der Waals surface area contributed by atoms with Crippen LogP contribution in [0.2, 0.25) is 0 Å². The highest BCUT2D eigenvalue weighted by Crippen LogP contribution is 2.44. The largest absolute Gasteiger partial charge is 0.457 e. The van der Waals surface area contributed by atoms with E-state index in [0.29, 0.717) is 28.5 Å². The van der Waals surface area contributed by atoms with Crippen LogP contribution in [-0.4, -0.2) is 19.3 Å². The summed E-state index contributed by atoms with van der Waals surface area (Å²) >= 11 is 0. The molecule has 0 N–H and O–H groups in total. The van der Waals surface area contributed by atoms with Crippen molar-refractivity contribution in [2.24, 2.45) is 0 Å². The topological polar surface area (TPSA) is 44.9 Å². The molecule has 0 amide bonds. The summed E-state index contributed by atoms with van der Waals surface area (Å²) in [6.45, 7) is 14.2. The van der Waals surface area contributed by atoms with Gasteiger partial charge in [-0.3, -0.25) is 4.57 Å². The summed E-state index contributed by atoms with van der Waals surface area (Å²) in [5, 5.41) is 7.29. The Balaban J connectivity index is 1.36. The van der Waals surface area contributed by atoms with E-state index < -0.39 is 22.5 Å². The molecule has 5 nitrogen and oxygen atoms in total. The number of aromatic nitrogens is 4. The van der Waals surface area contributed by atoms with Gasteiger partial charge in [-0.2, -0.15) is 5.10 Å². The summed E-state index contributed by atoms with van der Waals surface area (Å²) in [7, 11) is 0. The minimum Gasteiger partial charge on any atom is -0.457 e. The van der Waals surface area contributed by atoms with E-state index in [1.165, 1.54) is 18.2 Å². The molecule has 4 aromatic carbocycles. The number of hydrogen-bond donors (Lipinski definition) is 0. The van der Waals surface area contributed by atoms with Crippen molar-refractivity contribution in [2.75, 3.05) is 0 Å². The van der Waals surface area contributed by atoms with Gasteiger partial charge < -0.3 is 4.74 Å². The van der Waals surface area contributed by atoms with Crippen molar-refractivity contribution >= 4 is 21.8 Å². The molecule has 0 radical (unpaired) electrons. The zero-order valence-corrected chi connectivity index (χ0v) is 28.3. The second-order valence-corrected chi connectivity index (χ2v) is 14.4. The quantitative estimate of drug-likeness (QED) is 0.188. The van der Waals surface area contributed by atoms with Crippen molar-refractivity contribution < 1.29 is 13.5 Å². The smallest absolute Gasteiger partial charge is 0.137 e. The second-order valence-electron chi connectivity index (χ2n) is 14.4. The van der Waals surface area contributed by atoms with E-state index in [2.05, 4.69) is 35.8 Å². The lowest BCUT2D eigenvalue weighted by Crippen LogP contribution is -2.19. The maximum absolute atomic E-state index is 15.4. The van der Waals surface area contributed by atoms with E-state index in [9.17, 15) is 0 Å². The van der Waals surface area contributed by atoms with Crippen LogP contribution in [0.5, 0.6) is 11.5 Å². The maximum atomic E-state index is 15.4. The molecule has 0 aliphatic rings. The minimum atomic E-state index is -0.615. The van der Waals surface area contributed by atoms with Gasteiger partial charge in [0.1, 0.15) is 29.0 Å². The Morgan fingerprint density at radius 2 is 1.33 bits per heavy atom. The van der Waals surface area contributed by atoms with Crippen LogP contribution >= 0.6 is 0 Å². The molecule has 0 atom stereocenters. The predicted octanol–water partition coefficient (Wildman–Crippen LogP) is 11.0. The summed E-state index contributed by atoms with van der Waals surface area (Å²) in [6.07, 6.45) is 1.83. The van der Waals surface area contributed by atoms with Crippen LogP contribution in [0, 0.1) is 18.6 Å². The van der Waals surface area contributed by atoms with Gasteiger partial charge in [-0.25, -0.2) is 18.4 Å². The summed E-state index contributed by atoms with van der Waals surface area (Å²) in [5.74, 6) is 0.880. The lowest BCUT2D eigenvalue weighted by atomic mass is 9.80. The predicted molar refractivity (Wildman–Crippen MR) is 190 cm³/mol. The fourth-order valence-corrected chi connectivity index (χ4v) is 6.51. The Labute approximate surface area is 279 Å². The number of nitrogens with zero attached hydrogens (tertiary/aromatic N) is 4. The number of fused-ring (bicyclic) bond motifs is 3. The van der Waals surface area contributed by atoms with Crippen LogP contribution in [0.4, 0.5) is 8.78 Å².